The Labute approximate surface area is 171 Å². The average Bonchev–Trinajstić information content (AvgIpc) is 2.67. The highest BCUT2D eigenvalue weighted by atomic mass is 16.5. The van der Waals surface area contributed by atoms with Gasteiger partial charge in [0.05, 0.1) is 12.7 Å². The number of carbonyl (C=O) groups excluding carboxylic acids is 1. The number of carbonyl (C=O) groups is 1. The van der Waals surface area contributed by atoms with Crippen LogP contribution in [0.3, 0.4) is 0 Å². The van der Waals surface area contributed by atoms with Gasteiger partial charge in [-0.3, -0.25) is 0 Å². The number of ether oxygens (including phenoxy) is 1. The molecular weight excluding hydrogens is 364 g/mol. The molecule has 6 heteroatoms. The van der Waals surface area contributed by atoms with Crippen molar-refractivity contribution in [1.29, 1.82) is 0 Å². The smallest absolute Gasteiger partial charge is 0.337 e. The highest BCUT2D eigenvalue weighted by molar-refractivity contribution is 5.89. The summed E-state index contributed by atoms with van der Waals surface area (Å²) in [5.41, 5.74) is 3.55. The van der Waals surface area contributed by atoms with Crippen LogP contribution in [0.25, 0.3) is 0 Å². The number of benzene rings is 2. The number of para-hydroxylation sites is 1. The van der Waals surface area contributed by atoms with Crippen LogP contribution in [-0.4, -0.2) is 23.0 Å². The van der Waals surface area contributed by atoms with E-state index in [1.165, 1.54) is 12.7 Å². The van der Waals surface area contributed by atoms with Crippen LogP contribution in [0.4, 0.5) is 23.0 Å². The molecule has 0 aliphatic rings. The minimum atomic E-state index is -0.363. The highest BCUT2D eigenvalue weighted by Crippen LogP contribution is 2.31. The zero-order valence-corrected chi connectivity index (χ0v) is 17.4. The fraction of sp³-hybridized carbons (Fsp3) is 0.261. The fourth-order valence-electron chi connectivity index (χ4n) is 3.04. The van der Waals surface area contributed by atoms with Crippen molar-refractivity contribution >= 4 is 29.0 Å². The third-order valence-electron chi connectivity index (χ3n) is 4.41. The summed E-state index contributed by atoms with van der Waals surface area (Å²) in [7, 11) is 1.37. The number of methoxy groups -OCH3 is 1. The second-order valence-electron chi connectivity index (χ2n) is 7.80. The summed E-state index contributed by atoms with van der Waals surface area (Å²) < 4.78 is 4.73. The molecule has 0 amide bonds. The molecule has 0 radical (unpaired) electrons. The van der Waals surface area contributed by atoms with Crippen molar-refractivity contribution in [2.75, 3.05) is 17.7 Å². The van der Waals surface area contributed by atoms with E-state index in [0.717, 1.165) is 11.4 Å². The first-order valence-electron chi connectivity index (χ1n) is 9.44. The Hall–Kier alpha value is -3.41. The van der Waals surface area contributed by atoms with Gasteiger partial charge in [0.25, 0.3) is 0 Å². The quantitative estimate of drug-likeness (QED) is 0.572. The number of esters is 1. The number of nitrogens with zero attached hydrogens (tertiary/aromatic N) is 2. The predicted molar refractivity (Wildman–Crippen MR) is 116 cm³/mol. The standard InChI is InChI=1S/C23H26N4O2/c1-15-24-20(26-17-12-10-16(11-13-17)22(28)29-5)14-21(25-15)27-19-9-7-6-8-18(19)23(2,3)4/h6-14H,1-5H3,(H2,24,25,26,27). The lowest BCUT2D eigenvalue weighted by Gasteiger charge is -2.23. The number of aromatic nitrogens is 2. The number of hydrogen-bond acceptors (Lipinski definition) is 6. The van der Waals surface area contributed by atoms with E-state index in [2.05, 4.69) is 53.5 Å². The molecule has 3 aromatic rings. The summed E-state index contributed by atoms with van der Waals surface area (Å²) >= 11 is 0. The van der Waals surface area contributed by atoms with Crippen LogP contribution in [0.1, 0.15) is 42.5 Å². The monoisotopic (exact) mass is 390 g/mol. The Balaban J connectivity index is 1.83. The second kappa shape index (κ2) is 8.31. The topological polar surface area (TPSA) is 76.1 Å². The van der Waals surface area contributed by atoms with E-state index in [-0.39, 0.29) is 11.4 Å². The Bertz CT molecular complexity index is 1010. The van der Waals surface area contributed by atoms with Crippen molar-refractivity contribution in [1.82, 2.24) is 9.97 Å². The van der Waals surface area contributed by atoms with Gasteiger partial charge >= 0.3 is 5.97 Å². The Kier molecular flexibility index (Phi) is 5.82. The Morgan fingerprint density at radius 3 is 2.17 bits per heavy atom. The van der Waals surface area contributed by atoms with Crippen molar-refractivity contribution in [2.24, 2.45) is 0 Å². The zero-order chi connectivity index (χ0) is 21.0. The first-order valence-corrected chi connectivity index (χ1v) is 9.44. The lowest BCUT2D eigenvalue weighted by molar-refractivity contribution is 0.0601. The molecule has 0 fully saturated rings. The molecule has 3 rings (SSSR count). The van der Waals surface area contributed by atoms with Crippen molar-refractivity contribution < 1.29 is 9.53 Å². The molecule has 150 valence electrons. The molecule has 0 aliphatic heterocycles. The number of nitrogens with one attached hydrogen (secondary N) is 2. The van der Waals surface area contributed by atoms with Crippen LogP contribution in [-0.2, 0) is 10.2 Å². The average molecular weight is 390 g/mol. The maximum Gasteiger partial charge on any atom is 0.337 e. The van der Waals surface area contributed by atoms with Gasteiger partial charge in [0, 0.05) is 17.4 Å². The lowest BCUT2D eigenvalue weighted by Crippen LogP contribution is -2.14. The number of hydrogen-bond donors (Lipinski definition) is 2. The number of aryl methyl sites for hydroxylation is 1. The van der Waals surface area contributed by atoms with Crippen LogP contribution in [0.2, 0.25) is 0 Å². The van der Waals surface area contributed by atoms with Crippen LogP contribution in [0.5, 0.6) is 0 Å². The molecule has 2 N–H and O–H groups in total. The van der Waals surface area contributed by atoms with Gasteiger partial charge in [-0.15, -0.1) is 0 Å². The van der Waals surface area contributed by atoms with Gasteiger partial charge in [0.15, 0.2) is 0 Å². The summed E-state index contributed by atoms with van der Waals surface area (Å²) in [5, 5.41) is 6.68. The van der Waals surface area contributed by atoms with E-state index in [9.17, 15) is 4.79 Å². The third-order valence-corrected chi connectivity index (χ3v) is 4.41. The molecule has 1 heterocycles. The number of rotatable bonds is 5. The molecule has 0 saturated carbocycles. The van der Waals surface area contributed by atoms with Crippen LogP contribution >= 0.6 is 0 Å². The molecule has 0 atom stereocenters. The molecule has 0 spiro atoms. The van der Waals surface area contributed by atoms with Crippen LogP contribution < -0.4 is 10.6 Å². The van der Waals surface area contributed by atoms with E-state index >= 15 is 0 Å². The minimum absolute atomic E-state index is 0.00807. The summed E-state index contributed by atoms with van der Waals surface area (Å²) in [6.45, 7) is 8.41. The molecule has 1 aromatic heterocycles. The van der Waals surface area contributed by atoms with E-state index < -0.39 is 0 Å². The summed E-state index contributed by atoms with van der Waals surface area (Å²) in [6.07, 6.45) is 0. The summed E-state index contributed by atoms with van der Waals surface area (Å²) in [5.74, 6) is 1.66. The van der Waals surface area contributed by atoms with Gasteiger partial charge in [-0.2, -0.15) is 0 Å². The van der Waals surface area contributed by atoms with Gasteiger partial charge in [0.2, 0.25) is 0 Å². The Morgan fingerprint density at radius 2 is 1.55 bits per heavy atom. The molecule has 2 aromatic carbocycles. The molecule has 6 nitrogen and oxygen atoms in total. The molecule has 0 aliphatic carbocycles. The van der Waals surface area contributed by atoms with Crippen molar-refractivity contribution in [3.63, 3.8) is 0 Å². The lowest BCUT2D eigenvalue weighted by atomic mass is 9.86. The number of anilines is 4. The van der Waals surface area contributed by atoms with Crippen molar-refractivity contribution in [3.8, 4) is 0 Å². The van der Waals surface area contributed by atoms with E-state index in [1.807, 2.05) is 37.3 Å². The van der Waals surface area contributed by atoms with Crippen LogP contribution in [0.15, 0.2) is 54.6 Å². The van der Waals surface area contributed by atoms with Crippen molar-refractivity contribution in [3.05, 3.63) is 71.5 Å². The van der Waals surface area contributed by atoms with Gasteiger partial charge < -0.3 is 15.4 Å². The van der Waals surface area contributed by atoms with Crippen molar-refractivity contribution in [2.45, 2.75) is 33.1 Å². The first-order chi connectivity index (χ1) is 13.8. The van der Waals surface area contributed by atoms with E-state index in [1.54, 1.807) is 12.1 Å². The minimum Gasteiger partial charge on any atom is -0.465 e. The first kappa shape index (κ1) is 20.3. The molecule has 0 unspecified atom stereocenters. The van der Waals surface area contributed by atoms with E-state index in [0.29, 0.717) is 23.0 Å². The molecule has 0 saturated heterocycles. The van der Waals surface area contributed by atoms with Crippen LogP contribution in [0, 0.1) is 6.92 Å². The predicted octanol–water partition coefficient (Wildman–Crippen LogP) is 5.36. The van der Waals surface area contributed by atoms with Gasteiger partial charge in [-0.05, 0) is 48.2 Å². The van der Waals surface area contributed by atoms with E-state index in [4.69, 9.17) is 4.74 Å². The molecule has 0 bridgehead atoms. The summed E-state index contributed by atoms with van der Waals surface area (Å²) in [4.78, 5) is 20.6. The normalized spacial score (nSPS) is 11.1. The Morgan fingerprint density at radius 1 is 0.931 bits per heavy atom. The largest absolute Gasteiger partial charge is 0.465 e. The highest BCUT2D eigenvalue weighted by Gasteiger charge is 2.18. The fourth-order valence-corrected chi connectivity index (χ4v) is 3.04. The maximum absolute atomic E-state index is 11.6. The molecule has 29 heavy (non-hydrogen) atoms. The molecular formula is C23H26N4O2. The van der Waals surface area contributed by atoms with Gasteiger partial charge in [-0.1, -0.05) is 39.0 Å². The SMILES string of the molecule is COC(=O)c1ccc(Nc2cc(Nc3ccccc3C(C)(C)C)nc(C)n2)cc1. The summed E-state index contributed by atoms with van der Waals surface area (Å²) in [6, 6.07) is 17.1. The van der Waals surface area contributed by atoms with Gasteiger partial charge in [0.1, 0.15) is 17.5 Å². The van der Waals surface area contributed by atoms with Gasteiger partial charge in [-0.25, -0.2) is 14.8 Å². The second-order valence-corrected chi connectivity index (χ2v) is 7.80. The third kappa shape index (κ3) is 5.10. The zero-order valence-electron chi connectivity index (χ0n) is 17.4. The maximum atomic E-state index is 11.6.